The first-order chi connectivity index (χ1) is 10.2. The van der Waals surface area contributed by atoms with Gasteiger partial charge in [0.15, 0.2) is 6.61 Å². The topological polar surface area (TPSA) is 32.8 Å². The summed E-state index contributed by atoms with van der Waals surface area (Å²) >= 11 is 0. The van der Waals surface area contributed by atoms with Gasteiger partial charge >= 0.3 is 0 Å². The normalized spacial score (nSPS) is 21.7. The van der Waals surface area contributed by atoms with E-state index in [4.69, 9.17) is 4.74 Å². The van der Waals surface area contributed by atoms with E-state index in [1.54, 1.807) is 0 Å². The Hall–Kier alpha value is -1.55. The molecule has 2 saturated heterocycles. The summed E-state index contributed by atoms with van der Waals surface area (Å²) in [4.78, 5) is 16.7. The predicted octanol–water partition coefficient (Wildman–Crippen LogP) is 2.01. The number of amides is 1. The summed E-state index contributed by atoms with van der Waals surface area (Å²) in [7, 11) is 2.18. The van der Waals surface area contributed by atoms with Crippen LogP contribution < -0.4 is 4.74 Å². The number of rotatable bonds is 3. The molecule has 0 radical (unpaired) electrons. The van der Waals surface area contributed by atoms with E-state index in [2.05, 4.69) is 11.9 Å². The van der Waals surface area contributed by atoms with E-state index in [1.165, 1.54) is 12.8 Å². The first-order valence-corrected chi connectivity index (χ1v) is 7.81. The van der Waals surface area contributed by atoms with Gasteiger partial charge in [0.05, 0.1) is 0 Å². The number of likely N-dealkylation sites (tertiary alicyclic amines) is 2. The van der Waals surface area contributed by atoms with Crippen LogP contribution >= 0.6 is 0 Å². The van der Waals surface area contributed by atoms with Crippen LogP contribution in [0.2, 0.25) is 0 Å². The molecule has 0 N–H and O–H groups in total. The summed E-state index contributed by atoms with van der Waals surface area (Å²) in [6, 6.07) is 9.55. The fourth-order valence-corrected chi connectivity index (χ4v) is 3.40. The van der Waals surface area contributed by atoms with Gasteiger partial charge in [-0.25, -0.2) is 0 Å². The Morgan fingerprint density at radius 1 is 1.14 bits per heavy atom. The minimum absolute atomic E-state index is 0.120. The minimum atomic E-state index is 0.120. The Balaban J connectivity index is 1.50. The number of carbonyl (C=O) groups is 1. The Morgan fingerprint density at radius 2 is 1.81 bits per heavy atom. The zero-order chi connectivity index (χ0) is 14.7. The van der Waals surface area contributed by atoms with Gasteiger partial charge in [0, 0.05) is 13.1 Å². The molecule has 21 heavy (non-hydrogen) atoms. The Bertz CT molecular complexity index is 481. The van der Waals surface area contributed by atoms with Gasteiger partial charge in [0.1, 0.15) is 5.75 Å². The average Bonchev–Trinajstić information content (AvgIpc) is 2.93. The van der Waals surface area contributed by atoms with E-state index in [-0.39, 0.29) is 12.5 Å². The number of piperidine rings is 1. The summed E-state index contributed by atoms with van der Waals surface area (Å²) in [5.74, 6) is 0.883. The highest BCUT2D eigenvalue weighted by molar-refractivity contribution is 5.78. The molecule has 0 atom stereocenters. The SMILES string of the molecule is CN1CCC2(CC1)CCN(C(=O)COc1ccccc1)C2. The highest BCUT2D eigenvalue weighted by Gasteiger charge is 2.41. The van der Waals surface area contributed by atoms with Gasteiger partial charge in [0.25, 0.3) is 5.91 Å². The molecule has 0 unspecified atom stereocenters. The number of nitrogens with zero attached hydrogens (tertiary/aromatic N) is 2. The third-order valence-corrected chi connectivity index (χ3v) is 4.94. The van der Waals surface area contributed by atoms with Crippen molar-refractivity contribution in [3.8, 4) is 5.75 Å². The van der Waals surface area contributed by atoms with E-state index in [0.29, 0.717) is 5.41 Å². The van der Waals surface area contributed by atoms with Crippen LogP contribution in [0.1, 0.15) is 19.3 Å². The molecule has 1 aromatic rings. The highest BCUT2D eigenvalue weighted by Crippen LogP contribution is 2.39. The summed E-state index contributed by atoms with van der Waals surface area (Å²) in [6.45, 7) is 4.27. The summed E-state index contributed by atoms with van der Waals surface area (Å²) in [6.07, 6.45) is 3.58. The van der Waals surface area contributed by atoms with Crippen molar-refractivity contribution in [3.05, 3.63) is 30.3 Å². The number of benzene rings is 1. The molecular weight excluding hydrogens is 264 g/mol. The largest absolute Gasteiger partial charge is 0.484 e. The first-order valence-electron chi connectivity index (χ1n) is 7.81. The van der Waals surface area contributed by atoms with Gasteiger partial charge < -0.3 is 14.5 Å². The molecule has 1 spiro atoms. The lowest BCUT2D eigenvalue weighted by Gasteiger charge is -2.37. The van der Waals surface area contributed by atoms with Gasteiger partial charge in [-0.15, -0.1) is 0 Å². The van der Waals surface area contributed by atoms with E-state index < -0.39 is 0 Å². The maximum atomic E-state index is 12.3. The van der Waals surface area contributed by atoms with E-state index in [1.807, 2.05) is 35.2 Å². The molecular formula is C17H24N2O2. The third-order valence-electron chi connectivity index (χ3n) is 4.94. The van der Waals surface area contributed by atoms with Crippen molar-refractivity contribution < 1.29 is 9.53 Å². The van der Waals surface area contributed by atoms with Crippen molar-refractivity contribution in [3.63, 3.8) is 0 Å². The Morgan fingerprint density at radius 3 is 2.52 bits per heavy atom. The molecule has 2 aliphatic rings. The van der Waals surface area contributed by atoms with Crippen LogP contribution in [-0.2, 0) is 4.79 Å². The summed E-state index contributed by atoms with van der Waals surface area (Å²) < 4.78 is 5.57. The lowest BCUT2D eigenvalue weighted by atomic mass is 9.78. The molecule has 4 heteroatoms. The summed E-state index contributed by atoms with van der Waals surface area (Å²) in [5.41, 5.74) is 0.370. The maximum absolute atomic E-state index is 12.3. The molecule has 1 amide bonds. The second kappa shape index (κ2) is 6.06. The third kappa shape index (κ3) is 3.38. The fourth-order valence-electron chi connectivity index (χ4n) is 3.40. The highest BCUT2D eigenvalue weighted by atomic mass is 16.5. The van der Waals surface area contributed by atoms with Gasteiger partial charge in [-0.3, -0.25) is 4.79 Å². The van der Waals surface area contributed by atoms with Crippen molar-refractivity contribution in [1.82, 2.24) is 9.80 Å². The lowest BCUT2D eigenvalue weighted by Crippen LogP contribution is -2.41. The van der Waals surface area contributed by atoms with Crippen LogP contribution in [0.25, 0.3) is 0 Å². The number of para-hydroxylation sites is 1. The number of carbonyl (C=O) groups excluding carboxylic acids is 1. The second-order valence-corrected chi connectivity index (χ2v) is 6.47. The van der Waals surface area contributed by atoms with Crippen molar-refractivity contribution in [1.29, 1.82) is 0 Å². The smallest absolute Gasteiger partial charge is 0.260 e. The van der Waals surface area contributed by atoms with Crippen molar-refractivity contribution in [2.24, 2.45) is 5.41 Å². The fraction of sp³-hybridized carbons (Fsp3) is 0.588. The molecule has 4 nitrogen and oxygen atoms in total. The van der Waals surface area contributed by atoms with Crippen LogP contribution in [-0.4, -0.2) is 55.5 Å². The molecule has 114 valence electrons. The molecule has 2 aliphatic heterocycles. The quantitative estimate of drug-likeness (QED) is 0.853. The lowest BCUT2D eigenvalue weighted by molar-refractivity contribution is -0.132. The standard InChI is InChI=1S/C17H24N2O2/c1-18-10-7-17(8-11-18)9-12-19(14-17)16(20)13-21-15-5-3-2-4-6-15/h2-6H,7-14H2,1H3. The molecule has 1 aromatic carbocycles. The average molecular weight is 288 g/mol. The second-order valence-electron chi connectivity index (χ2n) is 6.47. The monoisotopic (exact) mass is 288 g/mol. The van der Waals surface area contributed by atoms with Gasteiger partial charge in [-0.05, 0) is 56.9 Å². The van der Waals surface area contributed by atoms with E-state index in [0.717, 1.165) is 38.3 Å². The van der Waals surface area contributed by atoms with Crippen LogP contribution in [0.5, 0.6) is 5.75 Å². The van der Waals surface area contributed by atoms with Gasteiger partial charge in [-0.2, -0.15) is 0 Å². The Labute approximate surface area is 126 Å². The molecule has 3 rings (SSSR count). The van der Waals surface area contributed by atoms with Crippen molar-refractivity contribution in [2.45, 2.75) is 19.3 Å². The summed E-state index contributed by atoms with van der Waals surface area (Å²) in [5, 5.41) is 0. The molecule has 0 bridgehead atoms. The van der Waals surface area contributed by atoms with E-state index >= 15 is 0 Å². The minimum Gasteiger partial charge on any atom is -0.484 e. The predicted molar refractivity (Wildman–Crippen MR) is 82.3 cm³/mol. The van der Waals surface area contributed by atoms with E-state index in [9.17, 15) is 4.79 Å². The van der Waals surface area contributed by atoms with Gasteiger partial charge in [0.2, 0.25) is 0 Å². The van der Waals surface area contributed by atoms with Crippen molar-refractivity contribution >= 4 is 5.91 Å². The number of hydrogen-bond acceptors (Lipinski definition) is 3. The molecule has 0 aliphatic carbocycles. The zero-order valence-corrected chi connectivity index (χ0v) is 12.8. The molecule has 2 fully saturated rings. The first kappa shape index (κ1) is 14.4. The molecule has 2 heterocycles. The van der Waals surface area contributed by atoms with Crippen molar-refractivity contribution in [2.75, 3.05) is 39.8 Å². The maximum Gasteiger partial charge on any atom is 0.260 e. The zero-order valence-electron chi connectivity index (χ0n) is 12.8. The Kier molecular flexibility index (Phi) is 4.15. The molecule has 0 aromatic heterocycles. The van der Waals surface area contributed by atoms with Crippen LogP contribution in [0.15, 0.2) is 30.3 Å². The number of hydrogen-bond donors (Lipinski definition) is 0. The van der Waals surface area contributed by atoms with Crippen LogP contribution in [0, 0.1) is 5.41 Å². The van der Waals surface area contributed by atoms with Gasteiger partial charge in [-0.1, -0.05) is 18.2 Å². The van der Waals surface area contributed by atoms with Crippen LogP contribution in [0.4, 0.5) is 0 Å². The molecule has 0 saturated carbocycles. The van der Waals surface area contributed by atoms with Crippen LogP contribution in [0.3, 0.4) is 0 Å². The number of ether oxygens (including phenoxy) is 1.